The SMILES string of the molecule is CC[C@@H]1C[C@H]2[C@@H]3CCc4ccccc4[C@H]3CC[C@]2(C)C1. The minimum Gasteiger partial charge on any atom is -0.0651 e. The molecule has 2 saturated carbocycles. The third kappa shape index (κ3) is 1.80. The fourth-order valence-electron chi connectivity index (χ4n) is 6.04. The molecule has 0 heteroatoms. The lowest BCUT2D eigenvalue weighted by molar-refractivity contribution is 0.0598. The molecule has 1 aromatic carbocycles. The van der Waals surface area contributed by atoms with Crippen LogP contribution in [0, 0.1) is 23.2 Å². The van der Waals surface area contributed by atoms with Gasteiger partial charge in [0.05, 0.1) is 0 Å². The van der Waals surface area contributed by atoms with E-state index in [9.17, 15) is 0 Å². The molecule has 0 nitrogen and oxygen atoms in total. The first-order chi connectivity index (χ1) is 9.71. The lowest BCUT2D eigenvalue weighted by Crippen LogP contribution is -2.39. The summed E-state index contributed by atoms with van der Waals surface area (Å²) in [6, 6.07) is 9.30. The minimum absolute atomic E-state index is 0.675. The van der Waals surface area contributed by atoms with Crippen molar-refractivity contribution in [2.45, 2.75) is 64.7 Å². The van der Waals surface area contributed by atoms with Crippen molar-refractivity contribution in [1.82, 2.24) is 0 Å². The lowest BCUT2D eigenvalue weighted by Gasteiger charge is -2.49. The normalized spacial score (nSPS) is 42.7. The fraction of sp³-hybridized carbons (Fsp3) is 0.700. The Morgan fingerprint density at radius 2 is 2.05 bits per heavy atom. The van der Waals surface area contributed by atoms with Crippen molar-refractivity contribution in [3.8, 4) is 0 Å². The van der Waals surface area contributed by atoms with Crippen LogP contribution in [0.3, 0.4) is 0 Å². The molecule has 0 aliphatic heterocycles. The van der Waals surface area contributed by atoms with E-state index in [0.29, 0.717) is 5.41 Å². The van der Waals surface area contributed by atoms with Gasteiger partial charge in [0.1, 0.15) is 0 Å². The van der Waals surface area contributed by atoms with Crippen molar-refractivity contribution < 1.29 is 0 Å². The topological polar surface area (TPSA) is 0 Å². The monoisotopic (exact) mass is 268 g/mol. The Labute approximate surface area is 124 Å². The van der Waals surface area contributed by atoms with Gasteiger partial charge in [0, 0.05) is 0 Å². The van der Waals surface area contributed by atoms with E-state index in [1.54, 1.807) is 11.1 Å². The highest BCUT2D eigenvalue weighted by atomic mass is 14.6. The zero-order chi connectivity index (χ0) is 13.7. The van der Waals surface area contributed by atoms with E-state index in [4.69, 9.17) is 0 Å². The molecule has 0 spiro atoms. The number of benzene rings is 1. The Bertz CT molecular complexity index is 503. The molecule has 4 rings (SSSR count). The molecule has 108 valence electrons. The third-order valence-electron chi connectivity index (χ3n) is 7.08. The first-order valence-electron chi connectivity index (χ1n) is 8.79. The number of hydrogen-bond acceptors (Lipinski definition) is 0. The second-order valence-electron chi connectivity index (χ2n) is 8.02. The summed E-state index contributed by atoms with van der Waals surface area (Å²) in [4.78, 5) is 0. The average Bonchev–Trinajstić information content (AvgIpc) is 2.84. The molecule has 0 amide bonds. The highest BCUT2D eigenvalue weighted by Gasteiger charge is 2.52. The van der Waals surface area contributed by atoms with Crippen molar-refractivity contribution in [2.24, 2.45) is 23.2 Å². The molecular formula is C20H28. The molecule has 5 atom stereocenters. The van der Waals surface area contributed by atoms with Crippen LogP contribution < -0.4 is 0 Å². The second-order valence-corrected chi connectivity index (χ2v) is 8.02. The Hall–Kier alpha value is -0.780. The van der Waals surface area contributed by atoms with Crippen molar-refractivity contribution >= 4 is 0 Å². The highest BCUT2D eigenvalue weighted by molar-refractivity contribution is 5.34. The summed E-state index contributed by atoms with van der Waals surface area (Å²) in [5.41, 5.74) is 4.04. The first kappa shape index (κ1) is 12.9. The Kier molecular flexibility index (Phi) is 2.98. The number of hydrogen-bond donors (Lipinski definition) is 0. The molecule has 0 unspecified atom stereocenters. The summed E-state index contributed by atoms with van der Waals surface area (Å²) in [6.45, 7) is 5.02. The van der Waals surface area contributed by atoms with Crippen LogP contribution in [0.15, 0.2) is 24.3 Å². The molecule has 0 bridgehead atoms. The maximum atomic E-state index is 2.62. The van der Waals surface area contributed by atoms with Gasteiger partial charge in [-0.05, 0) is 78.7 Å². The van der Waals surface area contributed by atoms with Gasteiger partial charge >= 0.3 is 0 Å². The quantitative estimate of drug-likeness (QED) is 0.624. The van der Waals surface area contributed by atoms with Crippen LogP contribution in [0.4, 0.5) is 0 Å². The van der Waals surface area contributed by atoms with Crippen LogP contribution >= 0.6 is 0 Å². The number of fused-ring (bicyclic) bond motifs is 5. The van der Waals surface area contributed by atoms with Crippen molar-refractivity contribution in [1.29, 1.82) is 0 Å². The average molecular weight is 268 g/mol. The Morgan fingerprint density at radius 1 is 1.20 bits per heavy atom. The standard InChI is InChI=1S/C20H28/c1-3-14-12-19-18-9-8-15-6-4-5-7-16(15)17(18)10-11-20(19,2)13-14/h4-7,14,17-19H,3,8-13H2,1-2H3/t14-,17-,18-,19+,20-/m1/s1. The van der Waals surface area contributed by atoms with Crippen LogP contribution in [-0.4, -0.2) is 0 Å². The van der Waals surface area contributed by atoms with Gasteiger partial charge in [-0.15, -0.1) is 0 Å². The van der Waals surface area contributed by atoms with E-state index in [1.165, 1.54) is 44.9 Å². The van der Waals surface area contributed by atoms with Gasteiger partial charge in [0.25, 0.3) is 0 Å². The predicted molar refractivity (Wildman–Crippen MR) is 84.8 cm³/mol. The smallest absolute Gasteiger partial charge is 0.0128 e. The second kappa shape index (κ2) is 4.61. The number of rotatable bonds is 1. The summed E-state index contributed by atoms with van der Waals surface area (Å²) in [7, 11) is 0. The van der Waals surface area contributed by atoms with Crippen LogP contribution in [0.25, 0.3) is 0 Å². The van der Waals surface area contributed by atoms with Crippen molar-refractivity contribution in [3.05, 3.63) is 35.4 Å². The van der Waals surface area contributed by atoms with E-state index >= 15 is 0 Å². The van der Waals surface area contributed by atoms with Gasteiger partial charge in [0.15, 0.2) is 0 Å². The summed E-state index contributed by atoms with van der Waals surface area (Å²) >= 11 is 0. The molecular weight excluding hydrogens is 240 g/mol. The van der Waals surface area contributed by atoms with Gasteiger partial charge in [-0.1, -0.05) is 44.5 Å². The molecule has 0 N–H and O–H groups in total. The maximum absolute atomic E-state index is 2.62. The van der Waals surface area contributed by atoms with Crippen LogP contribution in [-0.2, 0) is 6.42 Å². The van der Waals surface area contributed by atoms with Crippen LogP contribution in [0.2, 0.25) is 0 Å². The van der Waals surface area contributed by atoms with Crippen LogP contribution in [0.1, 0.15) is 69.4 Å². The molecule has 1 aromatic rings. The van der Waals surface area contributed by atoms with E-state index in [-0.39, 0.29) is 0 Å². The molecule has 0 saturated heterocycles. The van der Waals surface area contributed by atoms with E-state index in [0.717, 1.165) is 23.7 Å². The molecule has 20 heavy (non-hydrogen) atoms. The predicted octanol–water partition coefficient (Wildman–Crippen LogP) is 5.57. The minimum atomic E-state index is 0.675. The molecule has 2 fully saturated rings. The van der Waals surface area contributed by atoms with Gasteiger partial charge in [-0.25, -0.2) is 0 Å². The van der Waals surface area contributed by atoms with Gasteiger partial charge in [-0.2, -0.15) is 0 Å². The van der Waals surface area contributed by atoms with Gasteiger partial charge < -0.3 is 0 Å². The van der Waals surface area contributed by atoms with E-state index < -0.39 is 0 Å². The number of aryl methyl sites for hydroxylation is 1. The third-order valence-corrected chi connectivity index (χ3v) is 7.08. The van der Waals surface area contributed by atoms with E-state index in [1.807, 2.05) is 0 Å². The molecule has 0 radical (unpaired) electrons. The van der Waals surface area contributed by atoms with Gasteiger partial charge in [-0.3, -0.25) is 0 Å². The highest BCUT2D eigenvalue weighted by Crippen LogP contribution is 2.62. The zero-order valence-electron chi connectivity index (χ0n) is 13.1. The van der Waals surface area contributed by atoms with Crippen molar-refractivity contribution in [3.63, 3.8) is 0 Å². The van der Waals surface area contributed by atoms with Gasteiger partial charge in [0.2, 0.25) is 0 Å². The molecule has 3 aliphatic carbocycles. The summed E-state index contributed by atoms with van der Waals surface area (Å²) < 4.78 is 0. The molecule has 0 aromatic heterocycles. The summed E-state index contributed by atoms with van der Waals surface area (Å²) in [5.74, 6) is 3.90. The zero-order valence-corrected chi connectivity index (χ0v) is 13.1. The summed E-state index contributed by atoms with van der Waals surface area (Å²) in [6.07, 6.45) is 10.2. The van der Waals surface area contributed by atoms with Crippen molar-refractivity contribution in [2.75, 3.05) is 0 Å². The van der Waals surface area contributed by atoms with E-state index in [2.05, 4.69) is 38.1 Å². The molecule has 0 heterocycles. The molecule has 3 aliphatic rings. The Balaban J connectivity index is 1.67. The lowest BCUT2D eigenvalue weighted by atomic mass is 9.56. The maximum Gasteiger partial charge on any atom is -0.0128 e. The van der Waals surface area contributed by atoms with Crippen LogP contribution in [0.5, 0.6) is 0 Å². The Morgan fingerprint density at radius 3 is 2.90 bits per heavy atom. The summed E-state index contributed by atoms with van der Waals surface area (Å²) in [5, 5.41) is 0. The first-order valence-corrected chi connectivity index (χ1v) is 8.79. The largest absolute Gasteiger partial charge is 0.0651 e. The fourth-order valence-corrected chi connectivity index (χ4v) is 6.04.